The Morgan fingerprint density at radius 3 is 2.67 bits per heavy atom. The highest BCUT2D eigenvalue weighted by Gasteiger charge is 2.19. The number of anilines is 1. The fourth-order valence-electron chi connectivity index (χ4n) is 1.39. The van der Waals surface area contributed by atoms with E-state index in [2.05, 4.69) is 15.0 Å². The highest BCUT2D eigenvalue weighted by Crippen LogP contribution is 2.31. The molecular weight excluding hydrogens is 305 g/mol. The van der Waals surface area contributed by atoms with Crippen LogP contribution in [0.4, 0.5) is 16.0 Å². The van der Waals surface area contributed by atoms with Crippen LogP contribution in [0.3, 0.4) is 0 Å². The monoisotopic (exact) mass is 313 g/mol. The Balaban J connectivity index is 2.41. The molecule has 0 N–H and O–H groups in total. The maximum atomic E-state index is 13.1. The molecule has 0 saturated heterocycles. The summed E-state index contributed by atoms with van der Waals surface area (Å²) >= 11 is 5.73. The Kier molecular flexibility index (Phi) is 4.13. The molecule has 10 heteroatoms. The first-order valence-corrected chi connectivity index (χ1v) is 5.95. The van der Waals surface area contributed by atoms with Gasteiger partial charge in [0.1, 0.15) is 5.82 Å². The van der Waals surface area contributed by atoms with Crippen molar-refractivity contribution < 1.29 is 14.1 Å². The van der Waals surface area contributed by atoms with Gasteiger partial charge in [0.15, 0.2) is 0 Å². The van der Waals surface area contributed by atoms with Crippen molar-refractivity contribution in [3.05, 3.63) is 39.4 Å². The van der Waals surface area contributed by atoms with Crippen molar-refractivity contribution in [1.82, 2.24) is 15.0 Å². The minimum absolute atomic E-state index is 0.131. The second-order valence-electron chi connectivity index (χ2n) is 4.05. The topological polar surface area (TPSA) is 94.3 Å². The summed E-state index contributed by atoms with van der Waals surface area (Å²) in [7, 11) is 3.35. The molecule has 0 saturated carbocycles. The molecule has 110 valence electrons. The van der Waals surface area contributed by atoms with Crippen molar-refractivity contribution >= 4 is 23.2 Å². The lowest BCUT2D eigenvalue weighted by Crippen LogP contribution is -2.13. The number of halogens is 2. The van der Waals surface area contributed by atoms with Crippen LogP contribution in [0, 0.1) is 15.9 Å². The number of aromatic nitrogens is 3. The Morgan fingerprint density at radius 2 is 2.05 bits per heavy atom. The largest absolute Gasteiger partial charge is 0.417 e. The summed E-state index contributed by atoms with van der Waals surface area (Å²) in [6, 6.07) is 2.65. The van der Waals surface area contributed by atoms with Gasteiger partial charge in [0, 0.05) is 14.1 Å². The van der Waals surface area contributed by atoms with Crippen molar-refractivity contribution in [2.75, 3.05) is 19.0 Å². The summed E-state index contributed by atoms with van der Waals surface area (Å²) in [5, 5.41) is 10.7. The zero-order valence-electron chi connectivity index (χ0n) is 10.9. The molecule has 1 aromatic heterocycles. The number of hydrogen-bond acceptors (Lipinski definition) is 7. The number of hydrogen-bond donors (Lipinski definition) is 0. The van der Waals surface area contributed by atoms with Gasteiger partial charge in [-0.1, -0.05) is 0 Å². The van der Waals surface area contributed by atoms with E-state index in [1.165, 1.54) is 0 Å². The third-order valence-corrected chi connectivity index (χ3v) is 2.46. The van der Waals surface area contributed by atoms with Crippen LogP contribution >= 0.6 is 11.6 Å². The predicted molar refractivity (Wildman–Crippen MR) is 72.3 cm³/mol. The lowest BCUT2D eigenvalue weighted by atomic mass is 10.3. The molecule has 2 aromatic rings. The number of nitro groups is 1. The lowest BCUT2D eigenvalue weighted by Gasteiger charge is -2.11. The SMILES string of the molecule is CN(C)c1nc(Cl)nc(Oc2ccc(F)cc2[N+](=O)[O-])n1. The Hall–Kier alpha value is -2.55. The second-order valence-corrected chi connectivity index (χ2v) is 4.39. The summed E-state index contributed by atoms with van der Waals surface area (Å²) in [6.07, 6.45) is 0. The normalized spacial score (nSPS) is 10.3. The molecule has 0 aliphatic heterocycles. The van der Waals surface area contributed by atoms with Crippen LogP contribution in [0.2, 0.25) is 5.28 Å². The highest BCUT2D eigenvalue weighted by molar-refractivity contribution is 6.28. The van der Waals surface area contributed by atoms with Gasteiger partial charge in [0.25, 0.3) is 0 Å². The second kappa shape index (κ2) is 5.83. The molecule has 0 spiro atoms. The average Bonchev–Trinajstić information content (AvgIpc) is 2.40. The van der Waals surface area contributed by atoms with Crippen LogP contribution in [-0.2, 0) is 0 Å². The third-order valence-electron chi connectivity index (χ3n) is 2.29. The van der Waals surface area contributed by atoms with E-state index in [0.717, 1.165) is 18.2 Å². The predicted octanol–water partition coefficient (Wildman–Crippen LogP) is 2.43. The molecule has 0 aliphatic carbocycles. The van der Waals surface area contributed by atoms with Crippen molar-refractivity contribution in [3.8, 4) is 11.8 Å². The van der Waals surface area contributed by atoms with Gasteiger partial charge in [-0.3, -0.25) is 10.1 Å². The summed E-state index contributed by atoms with van der Waals surface area (Å²) < 4.78 is 18.3. The van der Waals surface area contributed by atoms with Crippen molar-refractivity contribution in [2.45, 2.75) is 0 Å². The Labute approximate surface area is 123 Å². The molecule has 0 unspecified atom stereocenters. The first kappa shape index (κ1) is 14.9. The van der Waals surface area contributed by atoms with E-state index in [1.807, 2.05) is 0 Å². The van der Waals surface area contributed by atoms with Crippen molar-refractivity contribution in [3.63, 3.8) is 0 Å². The molecule has 8 nitrogen and oxygen atoms in total. The van der Waals surface area contributed by atoms with Crippen molar-refractivity contribution in [2.24, 2.45) is 0 Å². The van der Waals surface area contributed by atoms with Crippen LogP contribution in [0.1, 0.15) is 0 Å². The fraction of sp³-hybridized carbons (Fsp3) is 0.182. The summed E-state index contributed by atoms with van der Waals surface area (Å²) in [5.74, 6) is -0.736. The smallest absolute Gasteiger partial charge is 0.328 e. The van der Waals surface area contributed by atoms with E-state index in [9.17, 15) is 14.5 Å². The molecular formula is C11H9ClFN5O3. The maximum Gasteiger partial charge on any atom is 0.328 e. The Morgan fingerprint density at radius 1 is 1.33 bits per heavy atom. The van der Waals surface area contributed by atoms with Crippen LogP contribution in [0.15, 0.2) is 18.2 Å². The summed E-state index contributed by atoms with van der Waals surface area (Å²) in [6.45, 7) is 0. The number of rotatable bonds is 4. The van der Waals surface area contributed by atoms with Gasteiger partial charge in [0.2, 0.25) is 17.0 Å². The van der Waals surface area contributed by atoms with E-state index in [4.69, 9.17) is 16.3 Å². The van der Waals surface area contributed by atoms with Gasteiger partial charge in [-0.25, -0.2) is 4.39 Å². The molecule has 2 rings (SSSR count). The van der Waals surface area contributed by atoms with Crippen LogP contribution in [-0.4, -0.2) is 34.0 Å². The van der Waals surface area contributed by atoms with E-state index in [-0.39, 0.29) is 23.0 Å². The minimum atomic E-state index is -0.770. The van der Waals surface area contributed by atoms with Crippen LogP contribution in [0.25, 0.3) is 0 Å². The molecule has 0 bridgehead atoms. The lowest BCUT2D eigenvalue weighted by molar-refractivity contribution is -0.385. The number of benzene rings is 1. The first-order chi connectivity index (χ1) is 9.86. The molecule has 0 radical (unpaired) electrons. The quantitative estimate of drug-likeness (QED) is 0.632. The van der Waals surface area contributed by atoms with E-state index in [0.29, 0.717) is 0 Å². The van der Waals surface area contributed by atoms with Gasteiger partial charge in [0.05, 0.1) is 11.0 Å². The van der Waals surface area contributed by atoms with Crippen LogP contribution < -0.4 is 9.64 Å². The first-order valence-electron chi connectivity index (χ1n) is 5.57. The van der Waals surface area contributed by atoms with E-state index >= 15 is 0 Å². The molecule has 21 heavy (non-hydrogen) atoms. The standard InChI is InChI=1S/C11H9ClFN5O3/c1-17(2)10-14-9(12)15-11(16-10)21-8-4-3-6(13)5-7(8)18(19)20/h3-5H,1-2H3. The number of ether oxygens (including phenoxy) is 1. The number of nitrogens with zero attached hydrogens (tertiary/aromatic N) is 5. The van der Waals surface area contributed by atoms with Gasteiger partial charge in [-0.2, -0.15) is 15.0 Å². The molecule has 1 aromatic carbocycles. The summed E-state index contributed by atoms with van der Waals surface area (Å²) in [4.78, 5) is 23.1. The average molecular weight is 314 g/mol. The minimum Gasteiger partial charge on any atom is -0.417 e. The van der Waals surface area contributed by atoms with Gasteiger partial charge in [-0.15, -0.1) is 0 Å². The van der Waals surface area contributed by atoms with E-state index in [1.54, 1.807) is 19.0 Å². The van der Waals surface area contributed by atoms with Gasteiger partial charge < -0.3 is 9.64 Å². The third kappa shape index (κ3) is 3.51. The van der Waals surface area contributed by atoms with Gasteiger partial charge in [-0.05, 0) is 23.7 Å². The molecule has 1 heterocycles. The molecule has 0 fully saturated rings. The van der Waals surface area contributed by atoms with E-state index < -0.39 is 16.4 Å². The van der Waals surface area contributed by atoms with Crippen LogP contribution in [0.5, 0.6) is 11.8 Å². The zero-order chi connectivity index (χ0) is 15.6. The molecule has 0 amide bonds. The van der Waals surface area contributed by atoms with Crippen molar-refractivity contribution in [1.29, 1.82) is 0 Å². The molecule has 0 atom stereocenters. The highest BCUT2D eigenvalue weighted by atomic mass is 35.5. The number of nitro benzene ring substituents is 1. The van der Waals surface area contributed by atoms with Gasteiger partial charge >= 0.3 is 11.7 Å². The zero-order valence-corrected chi connectivity index (χ0v) is 11.7. The maximum absolute atomic E-state index is 13.1. The molecule has 0 aliphatic rings. The Bertz CT molecular complexity index is 698. The fourth-order valence-corrected chi connectivity index (χ4v) is 1.53. The summed E-state index contributed by atoms with van der Waals surface area (Å²) in [5.41, 5.74) is -0.544.